The zero-order chi connectivity index (χ0) is 14.3. The molecule has 0 spiro atoms. The van der Waals surface area contributed by atoms with Crippen molar-refractivity contribution in [3.8, 4) is 0 Å². The van der Waals surface area contributed by atoms with E-state index in [4.69, 9.17) is 0 Å². The van der Waals surface area contributed by atoms with Gasteiger partial charge in [-0.2, -0.15) is 0 Å². The maximum Gasteiger partial charge on any atom is 0.123 e. The van der Waals surface area contributed by atoms with Crippen LogP contribution in [0.15, 0.2) is 24.3 Å². The fourth-order valence-electron chi connectivity index (χ4n) is 2.56. The highest BCUT2D eigenvalue weighted by molar-refractivity contribution is 6.76. The molecular formula is C16H28FNSi. The summed E-state index contributed by atoms with van der Waals surface area (Å²) in [6.07, 6.45) is 2.15. The van der Waals surface area contributed by atoms with Crippen molar-refractivity contribution in [1.82, 2.24) is 5.32 Å². The molecule has 0 aliphatic rings. The van der Waals surface area contributed by atoms with E-state index in [1.165, 1.54) is 18.5 Å². The van der Waals surface area contributed by atoms with Gasteiger partial charge >= 0.3 is 0 Å². The first kappa shape index (κ1) is 16.4. The molecule has 1 rings (SSSR count). The molecule has 0 heterocycles. The summed E-state index contributed by atoms with van der Waals surface area (Å²) in [6, 6.07) is 8.35. The molecule has 1 N–H and O–H groups in total. The van der Waals surface area contributed by atoms with Crippen LogP contribution >= 0.6 is 0 Å². The average Bonchev–Trinajstić information content (AvgIpc) is 2.27. The second-order valence-corrected chi connectivity index (χ2v) is 12.2. The van der Waals surface area contributed by atoms with Gasteiger partial charge in [-0.1, -0.05) is 44.7 Å². The van der Waals surface area contributed by atoms with Crippen LogP contribution in [0.25, 0.3) is 0 Å². The predicted molar refractivity (Wildman–Crippen MR) is 84.9 cm³/mol. The van der Waals surface area contributed by atoms with E-state index in [-0.39, 0.29) is 5.82 Å². The highest BCUT2D eigenvalue weighted by Gasteiger charge is 2.20. The van der Waals surface area contributed by atoms with Gasteiger partial charge in [0.25, 0.3) is 0 Å². The van der Waals surface area contributed by atoms with E-state index >= 15 is 0 Å². The van der Waals surface area contributed by atoms with Gasteiger partial charge in [-0.3, -0.25) is 0 Å². The molecule has 1 nitrogen and oxygen atoms in total. The zero-order valence-electron chi connectivity index (χ0n) is 12.8. The minimum Gasteiger partial charge on any atom is -0.316 e. The Bertz CT molecular complexity index is 373. The lowest BCUT2D eigenvalue weighted by Gasteiger charge is -2.25. The maximum atomic E-state index is 13.3. The summed E-state index contributed by atoms with van der Waals surface area (Å²) in [6.45, 7) is 11.5. The lowest BCUT2D eigenvalue weighted by Crippen LogP contribution is -2.32. The van der Waals surface area contributed by atoms with Gasteiger partial charge in [0, 0.05) is 8.07 Å². The quantitative estimate of drug-likeness (QED) is 0.552. The molecule has 0 saturated carbocycles. The van der Waals surface area contributed by atoms with Gasteiger partial charge in [0.1, 0.15) is 5.82 Å². The van der Waals surface area contributed by atoms with Crippen molar-refractivity contribution in [2.75, 3.05) is 13.1 Å². The van der Waals surface area contributed by atoms with Crippen molar-refractivity contribution in [2.24, 2.45) is 5.92 Å². The zero-order valence-corrected chi connectivity index (χ0v) is 13.8. The van der Waals surface area contributed by atoms with Crippen molar-refractivity contribution in [3.63, 3.8) is 0 Å². The van der Waals surface area contributed by atoms with E-state index in [2.05, 4.69) is 31.9 Å². The summed E-state index contributed by atoms with van der Waals surface area (Å²) in [5, 5.41) is 3.52. The van der Waals surface area contributed by atoms with Crippen molar-refractivity contribution < 1.29 is 4.39 Å². The van der Waals surface area contributed by atoms with Gasteiger partial charge in [-0.25, -0.2) is 4.39 Å². The molecule has 1 atom stereocenters. The molecule has 0 aliphatic carbocycles. The van der Waals surface area contributed by atoms with E-state index in [1.54, 1.807) is 6.07 Å². The molecule has 3 heteroatoms. The van der Waals surface area contributed by atoms with Crippen LogP contribution in [0.4, 0.5) is 4.39 Å². The Morgan fingerprint density at radius 1 is 1.26 bits per heavy atom. The molecule has 0 saturated heterocycles. The standard InChI is InChI=1S/C16H28FNSi/c1-5-9-18-12-15(13-19(2,3)4)10-14-7-6-8-16(17)11-14/h6-8,11,15,18H,5,9-10,12-13H2,1-4H3. The summed E-state index contributed by atoms with van der Waals surface area (Å²) in [5.74, 6) is 0.505. The van der Waals surface area contributed by atoms with Crippen LogP contribution in [0.5, 0.6) is 0 Å². The lowest BCUT2D eigenvalue weighted by atomic mass is 10.0. The molecular weight excluding hydrogens is 253 g/mol. The normalized spacial score (nSPS) is 13.5. The first-order valence-electron chi connectivity index (χ1n) is 7.36. The molecule has 1 aromatic rings. The van der Waals surface area contributed by atoms with Crippen LogP contribution in [0.2, 0.25) is 25.7 Å². The molecule has 0 fully saturated rings. The Morgan fingerprint density at radius 3 is 2.58 bits per heavy atom. The largest absolute Gasteiger partial charge is 0.316 e. The molecule has 1 unspecified atom stereocenters. The Balaban J connectivity index is 2.62. The van der Waals surface area contributed by atoms with Crippen molar-refractivity contribution in [3.05, 3.63) is 35.6 Å². The van der Waals surface area contributed by atoms with E-state index in [9.17, 15) is 4.39 Å². The highest BCUT2D eigenvalue weighted by atomic mass is 28.3. The monoisotopic (exact) mass is 281 g/mol. The highest BCUT2D eigenvalue weighted by Crippen LogP contribution is 2.21. The van der Waals surface area contributed by atoms with Crippen molar-refractivity contribution in [2.45, 2.75) is 45.5 Å². The van der Waals surface area contributed by atoms with Crippen LogP contribution in [0.1, 0.15) is 18.9 Å². The van der Waals surface area contributed by atoms with Crippen LogP contribution in [-0.4, -0.2) is 21.2 Å². The Kier molecular flexibility index (Phi) is 6.73. The summed E-state index contributed by atoms with van der Waals surface area (Å²) in [4.78, 5) is 0. The van der Waals surface area contributed by atoms with Crippen LogP contribution in [-0.2, 0) is 6.42 Å². The SMILES string of the molecule is CCCNCC(Cc1cccc(F)c1)C[Si](C)(C)C. The van der Waals surface area contributed by atoms with Crippen LogP contribution < -0.4 is 5.32 Å². The Hall–Kier alpha value is -0.673. The summed E-state index contributed by atoms with van der Waals surface area (Å²) in [5.41, 5.74) is 1.13. The fraction of sp³-hybridized carbons (Fsp3) is 0.625. The molecule has 0 aromatic heterocycles. The number of benzene rings is 1. The topological polar surface area (TPSA) is 12.0 Å². The van der Waals surface area contributed by atoms with Gasteiger partial charge in [-0.05, 0) is 49.5 Å². The first-order chi connectivity index (χ1) is 8.90. The van der Waals surface area contributed by atoms with Gasteiger partial charge in [0.05, 0.1) is 0 Å². The Labute approximate surface area is 118 Å². The predicted octanol–water partition coefficient (Wildman–Crippen LogP) is 4.32. The summed E-state index contributed by atoms with van der Waals surface area (Å²) < 4.78 is 13.3. The minimum atomic E-state index is -1.08. The number of nitrogens with one attached hydrogen (secondary N) is 1. The Morgan fingerprint density at radius 2 is 2.00 bits per heavy atom. The smallest absolute Gasteiger partial charge is 0.123 e. The maximum absolute atomic E-state index is 13.3. The van der Waals surface area contributed by atoms with E-state index < -0.39 is 8.07 Å². The molecule has 19 heavy (non-hydrogen) atoms. The third kappa shape index (κ3) is 7.48. The molecule has 0 aliphatic heterocycles. The van der Waals surface area contributed by atoms with Crippen molar-refractivity contribution >= 4 is 8.07 Å². The van der Waals surface area contributed by atoms with Crippen molar-refractivity contribution in [1.29, 1.82) is 0 Å². The fourth-order valence-corrected chi connectivity index (χ4v) is 4.58. The number of rotatable bonds is 8. The van der Waals surface area contributed by atoms with E-state index in [0.717, 1.165) is 25.1 Å². The van der Waals surface area contributed by atoms with Gasteiger partial charge in [-0.15, -0.1) is 0 Å². The molecule has 0 radical (unpaired) electrons. The van der Waals surface area contributed by atoms with Crippen LogP contribution in [0.3, 0.4) is 0 Å². The minimum absolute atomic E-state index is 0.120. The first-order valence-corrected chi connectivity index (χ1v) is 11.1. The second-order valence-electron chi connectivity index (χ2n) is 6.67. The number of halogens is 1. The van der Waals surface area contributed by atoms with Gasteiger partial charge < -0.3 is 5.32 Å². The third-order valence-corrected chi connectivity index (χ3v) is 4.98. The number of hydrogen-bond acceptors (Lipinski definition) is 1. The van der Waals surface area contributed by atoms with E-state index in [0.29, 0.717) is 5.92 Å². The second kappa shape index (κ2) is 7.80. The third-order valence-electron chi connectivity index (χ3n) is 3.17. The van der Waals surface area contributed by atoms with E-state index in [1.807, 2.05) is 12.1 Å². The number of hydrogen-bond donors (Lipinski definition) is 1. The van der Waals surface area contributed by atoms with Crippen LogP contribution in [0, 0.1) is 11.7 Å². The molecule has 1 aromatic carbocycles. The molecule has 108 valence electrons. The van der Waals surface area contributed by atoms with Gasteiger partial charge in [0.2, 0.25) is 0 Å². The summed E-state index contributed by atoms with van der Waals surface area (Å²) in [7, 11) is -1.08. The molecule has 0 bridgehead atoms. The summed E-state index contributed by atoms with van der Waals surface area (Å²) >= 11 is 0. The average molecular weight is 281 g/mol. The molecule has 0 amide bonds. The van der Waals surface area contributed by atoms with Gasteiger partial charge in [0.15, 0.2) is 0 Å². The lowest BCUT2D eigenvalue weighted by molar-refractivity contribution is 0.504.